The van der Waals surface area contributed by atoms with Gasteiger partial charge in [0.15, 0.2) is 0 Å². The number of unbranched alkanes of at least 4 members (excludes halogenated alkanes) is 1. The molecule has 0 radical (unpaired) electrons. The molecule has 2 rings (SSSR count). The Balaban J connectivity index is 1.89. The molecule has 1 N–H and O–H groups in total. The highest BCUT2D eigenvalue weighted by Crippen LogP contribution is 2.21. The van der Waals surface area contributed by atoms with Crippen molar-refractivity contribution in [2.45, 2.75) is 64.5 Å². The second-order valence-electron chi connectivity index (χ2n) is 7.79. The van der Waals surface area contributed by atoms with Gasteiger partial charge in [0.05, 0.1) is 24.8 Å². The molecule has 0 unspecified atom stereocenters. The Hall–Kier alpha value is -2.58. The number of methoxy groups -OCH3 is 1. The Kier molecular flexibility index (Phi) is 9.63. The number of aliphatic hydroxyl groups is 1. The minimum atomic E-state index is -0.565. The van der Waals surface area contributed by atoms with Crippen molar-refractivity contribution in [2.75, 3.05) is 13.7 Å². The van der Waals surface area contributed by atoms with E-state index in [-0.39, 0.29) is 23.8 Å². The number of ether oxygens (including phenoxy) is 1. The smallest absolute Gasteiger partial charge is 0.337 e. The minimum absolute atomic E-state index is 0.0138. The SMILES string of the molecule is CCCC#CC[C@H](C)[C@H](O)C=C[C@H]1CCC(=O)N1CCc1ccc(C(=O)OC)cc1. The quantitative estimate of drug-likeness (QED) is 0.382. The fourth-order valence-corrected chi connectivity index (χ4v) is 3.42. The van der Waals surface area contributed by atoms with E-state index in [1.54, 1.807) is 12.1 Å². The van der Waals surface area contributed by atoms with Gasteiger partial charge in [-0.3, -0.25) is 4.79 Å². The number of carbonyl (C=O) groups is 2. The van der Waals surface area contributed by atoms with Gasteiger partial charge in [-0.15, -0.1) is 11.8 Å². The van der Waals surface area contributed by atoms with Crippen molar-refractivity contribution in [1.29, 1.82) is 0 Å². The van der Waals surface area contributed by atoms with E-state index in [1.807, 2.05) is 36.1 Å². The Bertz CT molecular complexity index is 788. The van der Waals surface area contributed by atoms with Gasteiger partial charge in [0, 0.05) is 25.8 Å². The number of hydrogen-bond acceptors (Lipinski definition) is 4. The van der Waals surface area contributed by atoms with E-state index in [1.165, 1.54) is 7.11 Å². The van der Waals surface area contributed by atoms with Crippen LogP contribution in [-0.4, -0.2) is 47.7 Å². The molecule has 5 heteroatoms. The summed E-state index contributed by atoms with van der Waals surface area (Å²) in [6.45, 7) is 4.70. The largest absolute Gasteiger partial charge is 0.465 e. The zero-order chi connectivity index (χ0) is 21.9. The molecule has 0 spiro atoms. The number of aliphatic hydroxyl groups excluding tert-OH is 1. The lowest BCUT2D eigenvalue weighted by molar-refractivity contribution is -0.128. The molecule has 3 atom stereocenters. The third kappa shape index (κ3) is 7.03. The van der Waals surface area contributed by atoms with E-state index in [9.17, 15) is 14.7 Å². The maximum absolute atomic E-state index is 12.3. The van der Waals surface area contributed by atoms with Gasteiger partial charge in [-0.1, -0.05) is 38.1 Å². The highest BCUT2D eigenvalue weighted by Gasteiger charge is 2.28. The zero-order valence-corrected chi connectivity index (χ0v) is 18.3. The molecule has 5 nitrogen and oxygen atoms in total. The van der Waals surface area contributed by atoms with Crippen molar-refractivity contribution in [3.8, 4) is 11.8 Å². The van der Waals surface area contributed by atoms with E-state index >= 15 is 0 Å². The molecular formula is C25H33NO4. The highest BCUT2D eigenvalue weighted by atomic mass is 16.5. The van der Waals surface area contributed by atoms with Gasteiger partial charge < -0.3 is 14.7 Å². The Labute approximate surface area is 180 Å². The van der Waals surface area contributed by atoms with Crippen LogP contribution in [0.4, 0.5) is 0 Å². The van der Waals surface area contributed by atoms with Gasteiger partial charge in [0.25, 0.3) is 0 Å². The molecule has 1 saturated heterocycles. The molecule has 0 saturated carbocycles. The summed E-state index contributed by atoms with van der Waals surface area (Å²) < 4.78 is 4.71. The molecule has 1 aromatic carbocycles. The first-order valence-electron chi connectivity index (χ1n) is 10.7. The summed E-state index contributed by atoms with van der Waals surface area (Å²) in [5, 5.41) is 10.4. The summed E-state index contributed by atoms with van der Waals surface area (Å²) in [5.74, 6) is 6.09. The van der Waals surface area contributed by atoms with E-state index in [0.717, 1.165) is 24.8 Å². The van der Waals surface area contributed by atoms with Crippen LogP contribution in [0.2, 0.25) is 0 Å². The number of nitrogens with zero attached hydrogens (tertiary/aromatic N) is 1. The molecule has 30 heavy (non-hydrogen) atoms. The van der Waals surface area contributed by atoms with Crippen molar-refractivity contribution in [2.24, 2.45) is 5.92 Å². The van der Waals surface area contributed by atoms with Crippen molar-refractivity contribution in [3.63, 3.8) is 0 Å². The summed E-state index contributed by atoms with van der Waals surface area (Å²) in [6, 6.07) is 7.28. The first kappa shape index (κ1) is 23.7. The van der Waals surface area contributed by atoms with Crippen LogP contribution in [0.3, 0.4) is 0 Å². The first-order valence-corrected chi connectivity index (χ1v) is 10.7. The molecule has 162 valence electrons. The van der Waals surface area contributed by atoms with E-state index in [4.69, 9.17) is 4.74 Å². The molecule has 1 aromatic rings. The van der Waals surface area contributed by atoms with Gasteiger partial charge >= 0.3 is 5.97 Å². The number of amides is 1. The third-order valence-corrected chi connectivity index (χ3v) is 5.43. The Morgan fingerprint density at radius 2 is 2.07 bits per heavy atom. The summed E-state index contributed by atoms with van der Waals surface area (Å²) >= 11 is 0. The van der Waals surface area contributed by atoms with Crippen molar-refractivity contribution >= 4 is 11.9 Å². The first-order chi connectivity index (χ1) is 14.5. The summed E-state index contributed by atoms with van der Waals surface area (Å²) in [7, 11) is 1.36. The minimum Gasteiger partial charge on any atom is -0.465 e. The molecule has 1 fully saturated rings. The number of benzene rings is 1. The fraction of sp³-hybridized carbons (Fsp3) is 0.520. The van der Waals surface area contributed by atoms with Crippen LogP contribution >= 0.6 is 0 Å². The highest BCUT2D eigenvalue weighted by molar-refractivity contribution is 5.89. The van der Waals surface area contributed by atoms with Crippen molar-refractivity contribution in [3.05, 3.63) is 47.5 Å². The van der Waals surface area contributed by atoms with Crippen LogP contribution in [0.5, 0.6) is 0 Å². The van der Waals surface area contributed by atoms with Crippen LogP contribution in [0, 0.1) is 17.8 Å². The van der Waals surface area contributed by atoms with E-state index < -0.39 is 6.10 Å². The van der Waals surface area contributed by atoms with Gasteiger partial charge in [0.2, 0.25) is 5.91 Å². The van der Waals surface area contributed by atoms with Crippen LogP contribution in [0.15, 0.2) is 36.4 Å². The summed E-state index contributed by atoms with van der Waals surface area (Å²) in [6.07, 6.45) is 7.83. The van der Waals surface area contributed by atoms with Crippen molar-refractivity contribution < 1.29 is 19.4 Å². The summed E-state index contributed by atoms with van der Waals surface area (Å²) in [4.78, 5) is 25.7. The maximum atomic E-state index is 12.3. The number of likely N-dealkylation sites (tertiary alicyclic amines) is 1. The summed E-state index contributed by atoms with van der Waals surface area (Å²) in [5.41, 5.74) is 1.58. The average molecular weight is 412 g/mol. The van der Waals surface area contributed by atoms with E-state index in [2.05, 4.69) is 18.8 Å². The monoisotopic (exact) mass is 411 g/mol. The maximum Gasteiger partial charge on any atom is 0.337 e. The number of rotatable bonds is 9. The fourth-order valence-electron chi connectivity index (χ4n) is 3.42. The van der Waals surface area contributed by atoms with E-state index in [0.29, 0.717) is 31.4 Å². The standard InChI is InChI=1S/C25H33NO4/c1-4-5-6-7-8-19(2)23(27)15-13-22-14-16-24(28)26(22)18-17-20-9-11-21(12-10-20)25(29)30-3/h9-13,15,19,22-23,27H,4-5,8,14,16-18H2,1-3H3/t19-,22-,23+/m0/s1. The number of hydrogen-bond donors (Lipinski definition) is 1. The van der Waals surface area contributed by atoms with Gasteiger partial charge in [-0.2, -0.15) is 0 Å². The topological polar surface area (TPSA) is 66.8 Å². The van der Waals surface area contributed by atoms with Crippen LogP contribution in [-0.2, 0) is 16.0 Å². The van der Waals surface area contributed by atoms with Gasteiger partial charge in [0.1, 0.15) is 0 Å². The number of carbonyl (C=O) groups excluding carboxylic acids is 2. The Morgan fingerprint density at radius 3 is 2.73 bits per heavy atom. The predicted octanol–water partition coefficient (Wildman–Crippen LogP) is 3.75. The van der Waals surface area contributed by atoms with Crippen LogP contribution in [0.1, 0.15) is 61.9 Å². The second kappa shape index (κ2) is 12.2. The molecule has 0 bridgehead atoms. The molecule has 1 aliphatic rings. The lowest BCUT2D eigenvalue weighted by Crippen LogP contribution is -2.34. The van der Waals surface area contributed by atoms with Gasteiger partial charge in [-0.05, 0) is 42.9 Å². The third-order valence-electron chi connectivity index (χ3n) is 5.43. The van der Waals surface area contributed by atoms with Crippen LogP contribution < -0.4 is 0 Å². The molecule has 1 heterocycles. The molecule has 0 aliphatic carbocycles. The average Bonchev–Trinajstić information content (AvgIpc) is 3.12. The molecular weight excluding hydrogens is 378 g/mol. The molecule has 1 aliphatic heterocycles. The Morgan fingerprint density at radius 1 is 1.33 bits per heavy atom. The van der Waals surface area contributed by atoms with Gasteiger partial charge in [-0.25, -0.2) is 4.79 Å². The predicted molar refractivity (Wildman–Crippen MR) is 118 cm³/mol. The second-order valence-corrected chi connectivity index (χ2v) is 7.79. The lowest BCUT2D eigenvalue weighted by Gasteiger charge is -2.23. The zero-order valence-electron chi connectivity index (χ0n) is 18.3. The molecule has 1 amide bonds. The lowest BCUT2D eigenvalue weighted by atomic mass is 9.99. The van der Waals surface area contributed by atoms with Crippen molar-refractivity contribution in [1.82, 2.24) is 4.90 Å². The number of esters is 1. The molecule has 0 aromatic heterocycles. The normalized spacial score (nSPS) is 18.2. The van der Waals surface area contributed by atoms with Crippen LogP contribution in [0.25, 0.3) is 0 Å².